The topological polar surface area (TPSA) is 89.3 Å². The lowest BCUT2D eigenvalue weighted by Crippen LogP contribution is -2.26. The molecule has 0 aliphatic carbocycles. The van der Waals surface area contributed by atoms with Gasteiger partial charge in [0.05, 0.1) is 16.3 Å². The molecular formula is C23H20N2O4S. The maximum absolute atomic E-state index is 12.8. The third kappa shape index (κ3) is 3.97. The molecular weight excluding hydrogens is 400 g/mol. The smallest absolute Gasteiger partial charge is 0.251 e. The highest BCUT2D eigenvalue weighted by Crippen LogP contribution is 2.29. The van der Waals surface area contributed by atoms with Crippen LogP contribution in [-0.2, 0) is 9.84 Å². The zero-order valence-electron chi connectivity index (χ0n) is 16.5. The van der Waals surface area contributed by atoms with E-state index in [0.717, 1.165) is 22.8 Å². The lowest BCUT2D eigenvalue weighted by Gasteiger charge is -2.15. The van der Waals surface area contributed by atoms with Gasteiger partial charge < -0.3 is 9.84 Å². The van der Waals surface area contributed by atoms with Crippen molar-refractivity contribution in [3.8, 4) is 11.3 Å². The summed E-state index contributed by atoms with van der Waals surface area (Å²) in [5, 5.41) is 7.79. The molecule has 4 rings (SSSR count). The molecule has 0 spiro atoms. The molecule has 1 N–H and O–H groups in total. The number of nitrogens with zero attached hydrogens (tertiary/aromatic N) is 1. The van der Waals surface area contributed by atoms with Gasteiger partial charge in [0.25, 0.3) is 5.91 Å². The number of nitrogens with one attached hydrogen (secondary N) is 1. The summed E-state index contributed by atoms with van der Waals surface area (Å²) in [5.74, 6) is 0.376. The summed E-state index contributed by atoms with van der Waals surface area (Å²) in [5.41, 5.74) is 2.86. The van der Waals surface area contributed by atoms with Gasteiger partial charge in [-0.25, -0.2) is 8.42 Å². The van der Waals surface area contributed by atoms with E-state index >= 15 is 0 Å². The van der Waals surface area contributed by atoms with Gasteiger partial charge in [0.1, 0.15) is 5.52 Å². The molecule has 152 valence electrons. The maximum Gasteiger partial charge on any atom is 0.251 e. The quantitative estimate of drug-likeness (QED) is 0.517. The molecule has 3 aromatic carbocycles. The maximum atomic E-state index is 12.8. The van der Waals surface area contributed by atoms with Crippen molar-refractivity contribution >= 4 is 26.6 Å². The first kappa shape index (κ1) is 19.8. The highest BCUT2D eigenvalue weighted by molar-refractivity contribution is 7.90. The molecule has 0 unspecified atom stereocenters. The Morgan fingerprint density at radius 2 is 1.70 bits per heavy atom. The number of carbonyl (C=O) groups is 1. The van der Waals surface area contributed by atoms with Gasteiger partial charge in [-0.15, -0.1) is 0 Å². The summed E-state index contributed by atoms with van der Waals surface area (Å²) < 4.78 is 28.7. The third-order valence-electron chi connectivity index (χ3n) is 4.93. The Hall–Kier alpha value is -3.45. The van der Waals surface area contributed by atoms with Crippen LogP contribution in [0, 0.1) is 0 Å². The van der Waals surface area contributed by atoms with Crippen LogP contribution in [0.1, 0.15) is 28.9 Å². The normalized spacial score (nSPS) is 12.6. The predicted octanol–water partition coefficient (Wildman–Crippen LogP) is 4.39. The Morgan fingerprint density at radius 3 is 2.37 bits per heavy atom. The highest BCUT2D eigenvalue weighted by Gasteiger charge is 2.16. The van der Waals surface area contributed by atoms with Crippen molar-refractivity contribution in [2.75, 3.05) is 6.26 Å². The van der Waals surface area contributed by atoms with E-state index in [1.807, 2.05) is 37.3 Å². The predicted molar refractivity (Wildman–Crippen MR) is 115 cm³/mol. The second-order valence-electron chi connectivity index (χ2n) is 7.15. The molecule has 1 atom stereocenters. The van der Waals surface area contributed by atoms with E-state index in [1.165, 1.54) is 0 Å². The highest BCUT2D eigenvalue weighted by atomic mass is 32.2. The van der Waals surface area contributed by atoms with Crippen LogP contribution in [0.15, 0.2) is 82.2 Å². The molecule has 0 saturated heterocycles. The van der Waals surface area contributed by atoms with E-state index in [9.17, 15) is 13.2 Å². The summed E-state index contributed by atoms with van der Waals surface area (Å²) in [7, 11) is -3.26. The number of fused-ring (bicyclic) bond motifs is 1. The Labute approximate surface area is 174 Å². The van der Waals surface area contributed by atoms with Crippen molar-refractivity contribution < 1.29 is 17.7 Å². The Kier molecular flexibility index (Phi) is 5.13. The Bertz CT molecular complexity index is 1310. The van der Waals surface area contributed by atoms with Gasteiger partial charge in [-0.2, -0.15) is 0 Å². The molecule has 6 nitrogen and oxygen atoms in total. The fourth-order valence-electron chi connectivity index (χ4n) is 3.25. The Morgan fingerprint density at radius 1 is 1.00 bits per heavy atom. The van der Waals surface area contributed by atoms with Gasteiger partial charge in [-0.3, -0.25) is 4.79 Å². The van der Waals surface area contributed by atoms with Gasteiger partial charge in [0.2, 0.25) is 0 Å². The number of rotatable bonds is 5. The van der Waals surface area contributed by atoms with Gasteiger partial charge in [0.15, 0.2) is 15.6 Å². The molecule has 0 saturated carbocycles. The average Bonchev–Trinajstić information content (AvgIpc) is 3.17. The van der Waals surface area contributed by atoms with Crippen LogP contribution in [0.25, 0.3) is 22.2 Å². The number of sulfone groups is 1. The molecule has 1 aromatic heterocycles. The summed E-state index contributed by atoms with van der Waals surface area (Å²) in [4.78, 5) is 13.1. The minimum atomic E-state index is -3.26. The zero-order chi connectivity index (χ0) is 21.3. The lowest BCUT2D eigenvalue weighted by atomic mass is 10.0. The molecule has 0 fully saturated rings. The van der Waals surface area contributed by atoms with E-state index in [1.54, 1.807) is 42.5 Å². The van der Waals surface area contributed by atoms with Crippen molar-refractivity contribution in [1.82, 2.24) is 10.5 Å². The van der Waals surface area contributed by atoms with Gasteiger partial charge in [-0.1, -0.05) is 47.6 Å². The number of carbonyl (C=O) groups excluding carboxylic acids is 1. The van der Waals surface area contributed by atoms with E-state index in [-0.39, 0.29) is 16.8 Å². The van der Waals surface area contributed by atoms with Crippen LogP contribution in [-0.4, -0.2) is 25.7 Å². The molecule has 0 bridgehead atoms. The molecule has 0 aliphatic heterocycles. The number of aromatic nitrogens is 1. The average molecular weight is 420 g/mol. The van der Waals surface area contributed by atoms with E-state index in [4.69, 9.17) is 4.52 Å². The molecule has 4 aromatic rings. The first-order valence-corrected chi connectivity index (χ1v) is 11.3. The van der Waals surface area contributed by atoms with Crippen LogP contribution < -0.4 is 5.32 Å². The second-order valence-corrected chi connectivity index (χ2v) is 9.16. The molecule has 1 amide bonds. The largest absolute Gasteiger partial charge is 0.355 e. The van der Waals surface area contributed by atoms with Crippen molar-refractivity contribution in [3.63, 3.8) is 0 Å². The monoisotopic (exact) mass is 420 g/mol. The van der Waals surface area contributed by atoms with Crippen molar-refractivity contribution in [1.29, 1.82) is 0 Å². The van der Waals surface area contributed by atoms with Gasteiger partial charge >= 0.3 is 0 Å². The van der Waals surface area contributed by atoms with Crippen LogP contribution in [0.5, 0.6) is 0 Å². The first-order valence-electron chi connectivity index (χ1n) is 9.38. The summed E-state index contributed by atoms with van der Waals surface area (Å²) in [6, 6.07) is 21.0. The number of hydrogen-bond acceptors (Lipinski definition) is 5. The number of hydrogen-bond donors (Lipinski definition) is 1. The lowest BCUT2D eigenvalue weighted by molar-refractivity contribution is 0.0940. The van der Waals surface area contributed by atoms with Crippen LogP contribution >= 0.6 is 0 Å². The number of amides is 1. The van der Waals surface area contributed by atoms with Crippen molar-refractivity contribution in [2.45, 2.75) is 17.9 Å². The van der Waals surface area contributed by atoms with E-state index in [0.29, 0.717) is 16.8 Å². The van der Waals surface area contributed by atoms with Crippen molar-refractivity contribution in [3.05, 3.63) is 83.9 Å². The van der Waals surface area contributed by atoms with Crippen molar-refractivity contribution in [2.24, 2.45) is 0 Å². The van der Waals surface area contributed by atoms with Gasteiger partial charge in [0, 0.05) is 17.4 Å². The second kappa shape index (κ2) is 7.76. The minimum Gasteiger partial charge on any atom is -0.355 e. The van der Waals surface area contributed by atoms with Gasteiger partial charge in [-0.05, 0) is 42.8 Å². The molecule has 0 aliphatic rings. The summed E-state index contributed by atoms with van der Waals surface area (Å²) >= 11 is 0. The zero-order valence-corrected chi connectivity index (χ0v) is 17.3. The summed E-state index contributed by atoms with van der Waals surface area (Å²) in [6.45, 7) is 1.85. The third-order valence-corrected chi connectivity index (χ3v) is 6.06. The molecule has 7 heteroatoms. The van der Waals surface area contributed by atoms with E-state index in [2.05, 4.69) is 10.5 Å². The fourth-order valence-corrected chi connectivity index (χ4v) is 3.88. The van der Waals surface area contributed by atoms with Crippen LogP contribution in [0.3, 0.4) is 0 Å². The van der Waals surface area contributed by atoms with E-state index < -0.39 is 9.84 Å². The standard InChI is InChI=1S/C23H20N2O4S/c1-15(16-8-11-19(12-9-16)30(2,27)28)24-23(26)18-10-13-21-20(14-18)22(29-25-21)17-6-4-3-5-7-17/h3-15H,1-2H3,(H,24,26)/t15-/m1/s1. The number of benzene rings is 3. The summed E-state index contributed by atoms with van der Waals surface area (Å²) in [6.07, 6.45) is 1.16. The van der Waals surface area contributed by atoms with Crippen LogP contribution in [0.4, 0.5) is 0 Å². The fraction of sp³-hybridized carbons (Fsp3) is 0.130. The minimum absolute atomic E-state index is 0.239. The first-order chi connectivity index (χ1) is 14.3. The molecule has 1 heterocycles. The molecule has 0 radical (unpaired) electrons. The van der Waals surface area contributed by atoms with Crippen LogP contribution in [0.2, 0.25) is 0 Å². The molecule has 30 heavy (non-hydrogen) atoms. The SMILES string of the molecule is C[C@@H](NC(=O)c1ccc2noc(-c3ccccc3)c2c1)c1ccc(S(C)(=O)=O)cc1. The Balaban J connectivity index is 1.57.